The van der Waals surface area contributed by atoms with Crippen LogP contribution in [-0.4, -0.2) is 72.2 Å². The minimum absolute atomic E-state index is 0.436. The van der Waals surface area contributed by atoms with Crippen LogP contribution in [0.5, 0.6) is 0 Å². The summed E-state index contributed by atoms with van der Waals surface area (Å²) >= 11 is 0. The van der Waals surface area contributed by atoms with Crippen LogP contribution in [-0.2, 0) is 13.6 Å². The van der Waals surface area contributed by atoms with Gasteiger partial charge in [0.25, 0.3) is 0 Å². The van der Waals surface area contributed by atoms with Crippen LogP contribution in [0.2, 0.25) is 0 Å². The summed E-state index contributed by atoms with van der Waals surface area (Å²) in [6.07, 6.45) is 6.21. The zero-order valence-electron chi connectivity index (χ0n) is 17.3. The molecule has 0 amide bonds. The number of nitrogens with zero attached hydrogens (tertiary/aromatic N) is 1. The van der Waals surface area contributed by atoms with Crippen molar-refractivity contribution in [2.24, 2.45) is 0 Å². The van der Waals surface area contributed by atoms with Gasteiger partial charge in [-0.3, -0.25) is 9.05 Å². The van der Waals surface area contributed by atoms with Crippen LogP contribution < -0.4 is 0 Å². The van der Waals surface area contributed by atoms with Crippen LogP contribution in [0.3, 0.4) is 0 Å². The van der Waals surface area contributed by atoms with Gasteiger partial charge in [-0.15, -0.1) is 0 Å². The van der Waals surface area contributed by atoms with Crippen molar-refractivity contribution in [1.29, 1.82) is 0 Å². The van der Waals surface area contributed by atoms with E-state index in [9.17, 15) is 14.6 Å². The fraction of sp³-hybridized carbons (Fsp3) is 1.00. The van der Waals surface area contributed by atoms with Gasteiger partial charge in [-0.05, 0) is 12.8 Å². The third-order valence-corrected chi connectivity index (χ3v) is 5.28. The van der Waals surface area contributed by atoms with E-state index in [1.807, 2.05) is 21.1 Å². The molecule has 3 N–H and O–H groups in total. The van der Waals surface area contributed by atoms with Crippen LogP contribution in [0, 0.1) is 0 Å². The molecule has 0 aromatic carbocycles. The van der Waals surface area contributed by atoms with Crippen molar-refractivity contribution in [2.45, 2.75) is 76.9 Å². The van der Waals surface area contributed by atoms with Crippen molar-refractivity contribution >= 4 is 7.82 Å². The summed E-state index contributed by atoms with van der Waals surface area (Å²) in [6.45, 7) is 3.87. The molecule has 0 aliphatic heterocycles. The van der Waals surface area contributed by atoms with E-state index in [1.54, 1.807) is 0 Å². The third-order valence-electron chi connectivity index (χ3n) is 4.18. The van der Waals surface area contributed by atoms with Gasteiger partial charge in [0, 0.05) is 0 Å². The topological polar surface area (TPSA) is 96.2 Å². The zero-order chi connectivity index (χ0) is 20.3. The Bertz CT molecular complexity index is 403. The van der Waals surface area contributed by atoms with Crippen LogP contribution >= 0.6 is 7.82 Å². The molecule has 0 saturated heterocycles. The summed E-state index contributed by atoms with van der Waals surface area (Å²) in [5, 5.41) is 18.2. The van der Waals surface area contributed by atoms with Gasteiger partial charge >= 0.3 is 7.82 Å². The van der Waals surface area contributed by atoms with Crippen molar-refractivity contribution in [3.8, 4) is 0 Å². The highest BCUT2D eigenvalue weighted by Gasteiger charge is 2.43. The molecule has 0 saturated carbocycles. The summed E-state index contributed by atoms with van der Waals surface area (Å²) in [5.74, 6) is 0. The summed E-state index contributed by atoms with van der Waals surface area (Å²) in [4.78, 5) is 10.2. The van der Waals surface area contributed by atoms with E-state index in [4.69, 9.17) is 14.2 Å². The van der Waals surface area contributed by atoms with Gasteiger partial charge in [0.15, 0.2) is 0 Å². The summed E-state index contributed by atoms with van der Waals surface area (Å²) in [7, 11) is 1.77. The molecule has 0 aliphatic rings. The predicted molar refractivity (Wildman–Crippen MR) is 104 cm³/mol. The van der Waals surface area contributed by atoms with Gasteiger partial charge in [0.05, 0.1) is 34.4 Å². The highest BCUT2D eigenvalue weighted by molar-refractivity contribution is 7.47. The Hall–Kier alpha value is -0.0100. The molecule has 7 nitrogen and oxygen atoms in total. The maximum atomic E-state index is 12.5. The molecule has 0 rings (SSSR count). The normalized spacial score (nSPS) is 16.5. The average molecular weight is 399 g/mol. The number of unbranched alkanes of at least 4 members (excludes halogenated alkanes) is 4. The molecule has 0 heterocycles. The number of quaternary nitrogens is 1. The maximum absolute atomic E-state index is 12.5. The lowest BCUT2D eigenvalue weighted by molar-refractivity contribution is -0.876. The number of likely N-dealkylation sites (N-methyl/N-ethyl adjacent to an activating group) is 1. The first-order chi connectivity index (χ1) is 12.0. The predicted octanol–water partition coefficient (Wildman–Crippen LogP) is 3.08. The molecule has 2 unspecified atom stereocenters. The van der Waals surface area contributed by atoms with Crippen LogP contribution in [0.4, 0.5) is 0 Å². The molecule has 2 atom stereocenters. The fourth-order valence-electron chi connectivity index (χ4n) is 3.17. The number of rotatable bonds is 16. The molecule has 0 aliphatic carbocycles. The maximum Gasteiger partial charge on any atom is 0.473 e. The summed E-state index contributed by atoms with van der Waals surface area (Å²) in [6, 6.07) is 0. The lowest BCUT2D eigenvalue weighted by Gasteiger charge is -2.40. The molecular weight excluding hydrogens is 357 g/mol. The monoisotopic (exact) mass is 398 g/mol. The quantitative estimate of drug-likeness (QED) is 0.210. The Morgan fingerprint density at radius 1 is 1.04 bits per heavy atom. The smallest absolute Gasteiger partial charge is 0.394 e. The second kappa shape index (κ2) is 12.4. The van der Waals surface area contributed by atoms with Gasteiger partial charge in [0.1, 0.15) is 18.2 Å². The molecule has 8 heteroatoms. The summed E-state index contributed by atoms with van der Waals surface area (Å²) in [5.41, 5.74) is -0.753. The van der Waals surface area contributed by atoms with Crippen molar-refractivity contribution in [3.05, 3.63) is 0 Å². The molecular formula is C18H41NO6P+. The van der Waals surface area contributed by atoms with Gasteiger partial charge < -0.3 is 19.6 Å². The zero-order valence-corrected chi connectivity index (χ0v) is 18.2. The Morgan fingerprint density at radius 2 is 1.54 bits per heavy atom. The minimum atomic E-state index is -4.35. The van der Waals surface area contributed by atoms with Crippen LogP contribution in [0.15, 0.2) is 0 Å². The van der Waals surface area contributed by atoms with Gasteiger partial charge in [-0.25, -0.2) is 4.57 Å². The SMILES string of the molecule is CCCCCC(CCCCC)(C[N+](C)(C)C)OP(=O)(O)OCC(O)CO. The van der Waals surface area contributed by atoms with Crippen LogP contribution in [0.25, 0.3) is 0 Å². The number of phosphoric acid groups is 1. The Balaban J connectivity index is 5.34. The first-order valence-electron chi connectivity index (χ1n) is 9.76. The molecule has 0 bridgehead atoms. The Morgan fingerprint density at radius 3 is 1.92 bits per heavy atom. The number of phosphoric ester groups is 1. The second-order valence-electron chi connectivity index (χ2n) is 8.24. The van der Waals surface area contributed by atoms with E-state index in [-0.39, 0.29) is 0 Å². The van der Waals surface area contributed by atoms with E-state index in [1.165, 1.54) is 0 Å². The Labute approximate surface area is 159 Å². The molecule has 0 aromatic rings. The average Bonchev–Trinajstić information content (AvgIpc) is 2.51. The number of aliphatic hydroxyl groups excluding tert-OH is 2. The van der Waals surface area contributed by atoms with Gasteiger partial charge in [-0.1, -0.05) is 52.4 Å². The van der Waals surface area contributed by atoms with E-state index < -0.39 is 32.7 Å². The van der Waals surface area contributed by atoms with Crippen molar-refractivity contribution in [2.75, 3.05) is 40.9 Å². The van der Waals surface area contributed by atoms with E-state index in [0.29, 0.717) is 23.9 Å². The fourth-order valence-corrected chi connectivity index (χ4v) is 4.31. The second-order valence-corrected chi connectivity index (χ2v) is 9.62. The van der Waals surface area contributed by atoms with E-state index in [0.717, 1.165) is 38.5 Å². The van der Waals surface area contributed by atoms with Gasteiger partial charge in [0.2, 0.25) is 0 Å². The molecule has 0 aromatic heterocycles. The number of hydrogen-bond donors (Lipinski definition) is 3. The summed E-state index contributed by atoms with van der Waals surface area (Å²) < 4.78 is 23.8. The van der Waals surface area contributed by atoms with E-state index >= 15 is 0 Å². The molecule has 26 heavy (non-hydrogen) atoms. The first kappa shape index (κ1) is 26.0. The molecule has 0 radical (unpaired) electrons. The lowest BCUT2D eigenvalue weighted by Crippen LogP contribution is -2.50. The molecule has 158 valence electrons. The Kier molecular flexibility index (Phi) is 12.4. The molecule has 0 fully saturated rings. The molecule has 0 spiro atoms. The third kappa shape index (κ3) is 12.4. The van der Waals surface area contributed by atoms with E-state index in [2.05, 4.69) is 13.8 Å². The largest absolute Gasteiger partial charge is 0.473 e. The lowest BCUT2D eigenvalue weighted by atomic mass is 9.89. The minimum Gasteiger partial charge on any atom is -0.394 e. The van der Waals surface area contributed by atoms with Gasteiger partial charge in [-0.2, -0.15) is 0 Å². The van der Waals surface area contributed by atoms with Crippen molar-refractivity contribution < 1.29 is 33.2 Å². The van der Waals surface area contributed by atoms with Crippen molar-refractivity contribution in [1.82, 2.24) is 0 Å². The highest BCUT2D eigenvalue weighted by atomic mass is 31.2. The first-order valence-corrected chi connectivity index (χ1v) is 11.3. The standard InChI is InChI=1S/C18H40NO6P/c1-6-8-10-12-18(13-11-9-7-2,16-19(3,4)5)25-26(22,23)24-15-17(21)14-20/h17,20-21H,6-16H2,1-5H3/p+1. The van der Waals surface area contributed by atoms with Crippen molar-refractivity contribution in [3.63, 3.8) is 0 Å². The number of aliphatic hydroxyl groups is 2. The number of hydrogen-bond acceptors (Lipinski definition) is 5. The highest BCUT2D eigenvalue weighted by Crippen LogP contribution is 2.50. The van der Waals surface area contributed by atoms with Crippen LogP contribution in [0.1, 0.15) is 65.2 Å².